The number of hydrogen-bond donors (Lipinski definition) is 1. The summed E-state index contributed by atoms with van der Waals surface area (Å²) in [6.45, 7) is 0.748. The molecule has 0 saturated heterocycles. The van der Waals surface area contributed by atoms with Crippen LogP contribution in [-0.2, 0) is 17.9 Å². The molecule has 0 atom stereocenters. The van der Waals surface area contributed by atoms with E-state index in [1.165, 1.54) is 0 Å². The highest BCUT2D eigenvalue weighted by Gasteiger charge is 2.27. The van der Waals surface area contributed by atoms with Gasteiger partial charge in [0, 0.05) is 12.2 Å². The van der Waals surface area contributed by atoms with Crippen molar-refractivity contribution in [2.45, 2.75) is 26.3 Å². The minimum Gasteiger partial charge on any atom is -0.367 e. The van der Waals surface area contributed by atoms with Crippen molar-refractivity contribution in [1.29, 1.82) is 0 Å². The van der Waals surface area contributed by atoms with Gasteiger partial charge < -0.3 is 10.1 Å². The first-order valence-electron chi connectivity index (χ1n) is 8.94. The Morgan fingerprint density at radius 3 is 2.38 bits per heavy atom. The van der Waals surface area contributed by atoms with Crippen molar-refractivity contribution in [3.05, 3.63) is 83.2 Å². The SMILES string of the molecule is Cc1cc(C(=O)NCc2ccc(COCC(F)(F)F)cc2)nn1-c1ccccc1. The van der Waals surface area contributed by atoms with Crippen LogP contribution < -0.4 is 5.32 Å². The number of aryl methyl sites for hydroxylation is 1. The summed E-state index contributed by atoms with van der Waals surface area (Å²) in [5, 5.41) is 7.15. The first-order chi connectivity index (χ1) is 13.8. The van der Waals surface area contributed by atoms with Crippen LogP contribution in [0.3, 0.4) is 0 Å². The highest BCUT2D eigenvalue weighted by Crippen LogP contribution is 2.16. The molecule has 152 valence electrons. The van der Waals surface area contributed by atoms with Gasteiger partial charge >= 0.3 is 6.18 Å². The summed E-state index contributed by atoms with van der Waals surface area (Å²) in [4.78, 5) is 12.4. The second-order valence-corrected chi connectivity index (χ2v) is 6.53. The number of hydrogen-bond acceptors (Lipinski definition) is 3. The molecule has 0 bridgehead atoms. The van der Waals surface area contributed by atoms with Crippen molar-refractivity contribution >= 4 is 5.91 Å². The van der Waals surface area contributed by atoms with Gasteiger partial charge in [-0.25, -0.2) is 4.68 Å². The van der Waals surface area contributed by atoms with Crippen LogP contribution in [0.25, 0.3) is 5.69 Å². The predicted molar refractivity (Wildman–Crippen MR) is 102 cm³/mol. The first kappa shape index (κ1) is 20.6. The van der Waals surface area contributed by atoms with Gasteiger partial charge in [0.25, 0.3) is 5.91 Å². The summed E-state index contributed by atoms with van der Waals surface area (Å²) in [6, 6.07) is 18.0. The molecule has 29 heavy (non-hydrogen) atoms. The highest BCUT2D eigenvalue weighted by molar-refractivity contribution is 5.92. The Kier molecular flexibility index (Phi) is 6.33. The maximum atomic E-state index is 12.4. The third-order valence-electron chi connectivity index (χ3n) is 4.13. The number of nitrogens with zero attached hydrogens (tertiary/aromatic N) is 2. The summed E-state index contributed by atoms with van der Waals surface area (Å²) in [5.74, 6) is -0.305. The molecule has 1 amide bonds. The predicted octanol–water partition coefficient (Wildman–Crippen LogP) is 4.19. The van der Waals surface area contributed by atoms with E-state index in [9.17, 15) is 18.0 Å². The number of carbonyl (C=O) groups is 1. The van der Waals surface area contributed by atoms with E-state index in [0.29, 0.717) is 11.3 Å². The van der Waals surface area contributed by atoms with Crippen molar-refractivity contribution in [2.75, 3.05) is 6.61 Å². The lowest BCUT2D eigenvalue weighted by atomic mass is 10.1. The lowest BCUT2D eigenvalue weighted by molar-refractivity contribution is -0.176. The van der Waals surface area contributed by atoms with Gasteiger partial charge in [0.2, 0.25) is 0 Å². The smallest absolute Gasteiger partial charge is 0.367 e. The molecule has 5 nitrogen and oxygen atoms in total. The number of amides is 1. The molecule has 1 aromatic heterocycles. The molecule has 0 saturated carbocycles. The van der Waals surface area contributed by atoms with Crippen molar-refractivity contribution in [2.24, 2.45) is 0 Å². The lowest BCUT2D eigenvalue weighted by Crippen LogP contribution is -2.23. The van der Waals surface area contributed by atoms with Crippen LogP contribution in [0, 0.1) is 6.92 Å². The summed E-state index contributed by atoms with van der Waals surface area (Å²) in [5.41, 5.74) is 3.46. The monoisotopic (exact) mass is 403 g/mol. The molecule has 0 aliphatic rings. The van der Waals surface area contributed by atoms with Crippen LogP contribution in [0.5, 0.6) is 0 Å². The third-order valence-corrected chi connectivity index (χ3v) is 4.13. The Morgan fingerprint density at radius 2 is 1.72 bits per heavy atom. The number of alkyl halides is 3. The van der Waals surface area contributed by atoms with E-state index in [1.807, 2.05) is 37.3 Å². The molecule has 0 unspecified atom stereocenters. The zero-order valence-corrected chi connectivity index (χ0v) is 15.7. The maximum Gasteiger partial charge on any atom is 0.411 e. The fourth-order valence-corrected chi connectivity index (χ4v) is 2.73. The number of halogens is 3. The minimum atomic E-state index is -4.34. The van der Waals surface area contributed by atoms with E-state index in [-0.39, 0.29) is 19.1 Å². The highest BCUT2D eigenvalue weighted by atomic mass is 19.4. The quantitative estimate of drug-likeness (QED) is 0.644. The Morgan fingerprint density at radius 1 is 1.07 bits per heavy atom. The minimum absolute atomic E-state index is 0.123. The van der Waals surface area contributed by atoms with E-state index in [2.05, 4.69) is 15.2 Å². The number of para-hydroxylation sites is 1. The van der Waals surface area contributed by atoms with Crippen molar-refractivity contribution in [3.8, 4) is 5.69 Å². The van der Waals surface area contributed by atoms with E-state index in [1.54, 1.807) is 35.0 Å². The Labute approximate surface area is 166 Å². The molecule has 0 spiro atoms. The summed E-state index contributed by atoms with van der Waals surface area (Å²) in [6.07, 6.45) is -4.34. The summed E-state index contributed by atoms with van der Waals surface area (Å²) < 4.78 is 42.6. The van der Waals surface area contributed by atoms with E-state index < -0.39 is 12.8 Å². The molecular formula is C21H20F3N3O2. The number of nitrogens with one attached hydrogen (secondary N) is 1. The Bertz CT molecular complexity index is 952. The second kappa shape index (κ2) is 8.91. The number of rotatable bonds is 7. The average Bonchev–Trinajstić information content (AvgIpc) is 3.09. The number of carbonyl (C=O) groups excluding carboxylic acids is 1. The largest absolute Gasteiger partial charge is 0.411 e. The molecule has 2 aromatic carbocycles. The second-order valence-electron chi connectivity index (χ2n) is 6.53. The molecule has 0 aliphatic heterocycles. The molecule has 0 aliphatic carbocycles. The van der Waals surface area contributed by atoms with Crippen molar-refractivity contribution in [1.82, 2.24) is 15.1 Å². The van der Waals surface area contributed by atoms with Crippen LogP contribution in [0.15, 0.2) is 60.7 Å². The molecule has 0 fully saturated rings. The van der Waals surface area contributed by atoms with E-state index in [0.717, 1.165) is 16.9 Å². The Balaban J connectivity index is 1.54. The zero-order chi connectivity index (χ0) is 20.9. The number of aromatic nitrogens is 2. The van der Waals surface area contributed by atoms with Gasteiger partial charge in [-0.2, -0.15) is 18.3 Å². The molecular weight excluding hydrogens is 383 g/mol. The van der Waals surface area contributed by atoms with Gasteiger partial charge in [-0.05, 0) is 36.2 Å². The first-order valence-corrected chi connectivity index (χ1v) is 8.94. The summed E-state index contributed by atoms with van der Waals surface area (Å²) in [7, 11) is 0. The molecule has 3 aromatic rings. The lowest BCUT2D eigenvalue weighted by Gasteiger charge is -2.08. The van der Waals surface area contributed by atoms with E-state index in [4.69, 9.17) is 0 Å². The molecule has 8 heteroatoms. The molecule has 0 radical (unpaired) electrons. The fraction of sp³-hybridized carbons (Fsp3) is 0.238. The van der Waals surface area contributed by atoms with Gasteiger partial charge in [0.05, 0.1) is 12.3 Å². The van der Waals surface area contributed by atoms with Gasteiger partial charge in [-0.15, -0.1) is 0 Å². The number of ether oxygens (including phenoxy) is 1. The fourth-order valence-electron chi connectivity index (χ4n) is 2.73. The normalized spacial score (nSPS) is 11.4. The van der Waals surface area contributed by atoms with Gasteiger partial charge in [0.1, 0.15) is 6.61 Å². The van der Waals surface area contributed by atoms with Gasteiger partial charge in [-0.3, -0.25) is 4.79 Å². The zero-order valence-electron chi connectivity index (χ0n) is 15.7. The average molecular weight is 403 g/mol. The summed E-state index contributed by atoms with van der Waals surface area (Å²) >= 11 is 0. The van der Waals surface area contributed by atoms with Crippen LogP contribution in [0.1, 0.15) is 27.3 Å². The van der Waals surface area contributed by atoms with Crippen LogP contribution in [0.2, 0.25) is 0 Å². The van der Waals surface area contributed by atoms with E-state index >= 15 is 0 Å². The molecule has 3 rings (SSSR count). The third kappa shape index (κ3) is 5.92. The maximum absolute atomic E-state index is 12.4. The van der Waals surface area contributed by atoms with Crippen LogP contribution in [-0.4, -0.2) is 28.5 Å². The van der Waals surface area contributed by atoms with Crippen molar-refractivity contribution in [3.63, 3.8) is 0 Å². The van der Waals surface area contributed by atoms with Crippen LogP contribution in [0.4, 0.5) is 13.2 Å². The van der Waals surface area contributed by atoms with Crippen molar-refractivity contribution < 1.29 is 22.7 Å². The number of benzene rings is 2. The molecule has 1 heterocycles. The van der Waals surface area contributed by atoms with Gasteiger partial charge in [0.15, 0.2) is 5.69 Å². The standard InChI is InChI=1S/C21H20F3N3O2/c1-15-11-19(26-27(15)18-5-3-2-4-6-18)20(28)25-12-16-7-9-17(10-8-16)13-29-14-21(22,23)24/h2-11H,12-14H2,1H3,(H,25,28). The topological polar surface area (TPSA) is 56.1 Å². The Hall–Kier alpha value is -3.13. The molecule has 1 N–H and O–H groups in total. The van der Waals surface area contributed by atoms with Crippen LogP contribution >= 0.6 is 0 Å². The van der Waals surface area contributed by atoms with Gasteiger partial charge in [-0.1, -0.05) is 42.5 Å².